The quantitative estimate of drug-likeness (QED) is 0.678. The van der Waals surface area contributed by atoms with Gasteiger partial charge in [0.25, 0.3) is 0 Å². The van der Waals surface area contributed by atoms with Gasteiger partial charge in [0.2, 0.25) is 0 Å². The summed E-state index contributed by atoms with van der Waals surface area (Å²) in [5.74, 6) is 0. The summed E-state index contributed by atoms with van der Waals surface area (Å²) in [7, 11) is 0. The maximum atomic E-state index is 5.63. The van der Waals surface area contributed by atoms with Crippen LogP contribution in [0.4, 0.5) is 0 Å². The first-order chi connectivity index (χ1) is 6.08. The van der Waals surface area contributed by atoms with Crippen LogP contribution in [0.1, 0.15) is 40.0 Å². The molecule has 0 radical (unpaired) electrons. The van der Waals surface area contributed by atoms with Crippen molar-refractivity contribution in [2.75, 3.05) is 19.8 Å². The van der Waals surface area contributed by atoms with E-state index in [1.54, 1.807) is 0 Å². The van der Waals surface area contributed by atoms with E-state index >= 15 is 0 Å². The summed E-state index contributed by atoms with van der Waals surface area (Å²) in [5.41, 5.74) is 0.406. The average molecular weight is 185 g/mol. The first kappa shape index (κ1) is 11.0. The molecule has 0 amide bonds. The zero-order valence-electron chi connectivity index (χ0n) is 9.23. The van der Waals surface area contributed by atoms with Gasteiger partial charge in [0, 0.05) is 12.6 Å². The molecule has 78 valence electrons. The topological polar surface area (TPSA) is 21.3 Å². The van der Waals surface area contributed by atoms with Crippen molar-refractivity contribution in [1.82, 2.24) is 5.32 Å². The molecule has 1 heterocycles. The molecule has 0 spiro atoms. The minimum atomic E-state index is 0.406. The fraction of sp³-hybridized carbons (Fsp3) is 1.00. The summed E-state index contributed by atoms with van der Waals surface area (Å²) in [5, 5.41) is 3.43. The van der Waals surface area contributed by atoms with Crippen LogP contribution >= 0.6 is 0 Å². The van der Waals surface area contributed by atoms with Crippen molar-refractivity contribution in [3.05, 3.63) is 0 Å². The minimum Gasteiger partial charge on any atom is -0.380 e. The normalized spacial score (nSPS) is 23.8. The molecule has 1 aliphatic rings. The second-order valence-corrected chi connectivity index (χ2v) is 5.18. The van der Waals surface area contributed by atoms with Crippen LogP contribution in [0, 0.1) is 5.41 Å². The summed E-state index contributed by atoms with van der Waals surface area (Å²) >= 11 is 0. The lowest BCUT2D eigenvalue weighted by Crippen LogP contribution is -2.27. The van der Waals surface area contributed by atoms with Crippen molar-refractivity contribution < 1.29 is 4.74 Å². The standard InChI is InChI=1S/C11H23NO/c1-11(2,3)6-8-13-9-10-5-4-7-12-10/h10,12H,4-9H2,1-3H3/t10-/m1/s1. The van der Waals surface area contributed by atoms with Crippen molar-refractivity contribution >= 4 is 0 Å². The zero-order valence-corrected chi connectivity index (χ0v) is 9.23. The smallest absolute Gasteiger partial charge is 0.0619 e. The lowest BCUT2D eigenvalue weighted by Gasteiger charge is -2.18. The third-order valence-electron chi connectivity index (χ3n) is 2.48. The molecule has 0 aliphatic carbocycles. The van der Waals surface area contributed by atoms with Gasteiger partial charge >= 0.3 is 0 Å². The third kappa shape index (κ3) is 5.27. The summed E-state index contributed by atoms with van der Waals surface area (Å²) < 4.78 is 5.63. The number of rotatable bonds is 4. The first-order valence-corrected chi connectivity index (χ1v) is 5.39. The van der Waals surface area contributed by atoms with Gasteiger partial charge in [-0.15, -0.1) is 0 Å². The molecular formula is C11H23NO. The van der Waals surface area contributed by atoms with E-state index in [0.29, 0.717) is 11.5 Å². The minimum absolute atomic E-state index is 0.406. The molecule has 0 aromatic heterocycles. The van der Waals surface area contributed by atoms with E-state index < -0.39 is 0 Å². The molecule has 2 nitrogen and oxygen atoms in total. The monoisotopic (exact) mass is 185 g/mol. The van der Waals surface area contributed by atoms with Crippen molar-refractivity contribution in [2.45, 2.75) is 46.1 Å². The zero-order chi connectivity index (χ0) is 9.73. The van der Waals surface area contributed by atoms with Gasteiger partial charge in [0.1, 0.15) is 0 Å². The van der Waals surface area contributed by atoms with Crippen LogP contribution in [-0.2, 0) is 4.74 Å². The van der Waals surface area contributed by atoms with Crippen LogP contribution in [-0.4, -0.2) is 25.8 Å². The van der Waals surface area contributed by atoms with Gasteiger partial charge in [-0.05, 0) is 31.2 Å². The second kappa shape index (κ2) is 4.97. The van der Waals surface area contributed by atoms with E-state index in [1.165, 1.54) is 19.4 Å². The number of nitrogens with one attached hydrogen (secondary N) is 1. The number of ether oxygens (including phenoxy) is 1. The molecule has 0 aromatic carbocycles. The second-order valence-electron chi connectivity index (χ2n) is 5.18. The van der Waals surface area contributed by atoms with E-state index in [9.17, 15) is 0 Å². The van der Waals surface area contributed by atoms with Gasteiger partial charge in [-0.1, -0.05) is 20.8 Å². The molecular weight excluding hydrogens is 162 g/mol. The fourth-order valence-electron chi connectivity index (χ4n) is 1.50. The van der Waals surface area contributed by atoms with Gasteiger partial charge in [0.05, 0.1) is 6.61 Å². The van der Waals surface area contributed by atoms with Crippen molar-refractivity contribution in [3.8, 4) is 0 Å². The number of hydrogen-bond acceptors (Lipinski definition) is 2. The molecule has 0 unspecified atom stereocenters. The highest BCUT2D eigenvalue weighted by Gasteiger charge is 2.14. The van der Waals surface area contributed by atoms with Crippen molar-refractivity contribution in [1.29, 1.82) is 0 Å². The Morgan fingerprint density at radius 2 is 2.15 bits per heavy atom. The summed E-state index contributed by atoms with van der Waals surface area (Å²) in [4.78, 5) is 0. The molecule has 1 N–H and O–H groups in total. The third-order valence-corrected chi connectivity index (χ3v) is 2.48. The van der Waals surface area contributed by atoms with Gasteiger partial charge in [-0.2, -0.15) is 0 Å². The van der Waals surface area contributed by atoms with Crippen molar-refractivity contribution in [3.63, 3.8) is 0 Å². The Hall–Kier alpha value is -0.0800. The summed E-state index contributed by atoms with van der Waals surface area (Å²) in [6, 6.07) is 0.625. The molecule has 1 fully saturated rings. The summed E-state index contributed by atoms with van der Waals surface area (Å²) in [6.45, 7) is 9.74. The van der Waals surface area contributed by atoms with Gasteiger partial charge in [0.15, 0.2) is 0 Å². The van der Waals surface area contributed by atoms with Crippen LogP contribution in [0.5, 0.6) is 0 Å². The van der Waals surface area contributed by atoms with Gasteiger partial charge in [-0.3, -0.25) is 0 Å². The fourth-order valence-corrected chi connectivity index (χ4v) is 1.50. The first-order valence-electron chi connectivity index (χ1n) is 5.39. The van der Waals surface area contributed by atoms with Crippen LogP contribution in [0.2, 0.25) is 0 Å². The molecule has 0 saturated carbocycles. The molecule has 1 aliphatic heterocycles. The van der Waals surface area contributed by atoms with E-state index in [4.69, 9.17) is 4.74 Å². The Kier molecular flexibility index (Phi) is 4.20. The lowest BCUT2D eigenvalue weighted by molar-refractivity contribution is 0.0937. The van der Waals surface area contributed by atoms with E-state index in [1.807, 2.05) is 0 Å². The van der Waals surface area contributed by atoms with E-state index in [0.717, 1.165) is 19.6 Å². The Labute approximate surface area is 82.0 Å². The molecule has 2 heteroatoms. The van der Waals surface area contributed by atoms with Crippen LogP contribution in [0.15, 0.2) is 0 Å². The largest absolute Gasteiger partial charge is 0.380 e. The maximum Gasteiger partial charge on any atom is 0.0619 e. The lowest BCUT2D eigenvalue weighted by atomic mass is 9.93. The predicted octanol–water partition coefficient (Wildman–Crippen LogP) is 2.19. The molecule has 1 atom stereocenters. The molecule has 0 aromatic rings. The van der Waals surface area contributed by atoms with E-state index in [2.05, 4.69) is 26.1 Å². The highest BCUT2D eigenvalue weighted by Crippen LogP contribution is 2.18. The number of hydrogen-bond donors (Lipinski definition) is 1. The van der Waals surface area contributed by atoms with Gasteiger partial charge in [-0.25, -0.2) is 0 Å². The van der Waals surface area contributed by atoms with Crippen molar-refractivity contribution in [2.24, 2.45) is 5.41 Å². The summed E-state index contributed by atoms with van der Waals surface area (Å²) in [6.07, 6.45) is 3.75. The van der Waals surface area contributed by atoms with Crippen LogP contribution < -0.4 is 5.32 Å². The highest BCUT2D eigenvalue weighted by molar-refractivity contribution is 4.73. The molecule has 1 saturated heterocycles. The predicted molar refractivity (Wildman–Crippen MR) is 55.9 cm³/mol. The molecule has 0 bridgehead atoms. The Balaban J connectivity index is 1.94. The Morgan fingerprint density at radius 3 is 2.69 bits per heavy atom. The highest BCUT2D eigenvalue weighted by atomic mass is 16.5. The SMILES string of the molecule is CC(C)(C)CCOC[C@H]1CCCN1. The average Bonchev–Trinajstić information content (AvgIpc) is 2.48. The Bertz CT molecular complexity index is 134. The van der Waals surface area contributed by atoms with Gasteiger partial charge < -0.3 is 10.1 Å². The maximum absolute atomic E-state index is 5.63. The molecule has 13 heavy (non-hydrogen) atoms. The van der Waals surface area contributed by atoms with Crippen LogP contribution in [0.3, 0.4) is 0 Å². The van der Waals surface area contributed by atoms with Crippen LogP contribution in [0.25, 0.3) is 0 Å². The Morgan fingerprint density at radius 1 is 1.38 bits per heavy atom. The van der Waals surface area contributed by atoms with E-state index in [-0.39, 0.29) is 0 Å². The molecule has 1 rings (SSSR count).